The molecular formula is C15H23O3. The van der Waals surface area contributed by atoms with Crippen molar-refractivity contribution in [1.82, 2.24) is 0 Å². The SMILES string of the molecule is C[CH]OCCOC(=O)C12CC3CC(CC(C3)C1)C2. The van der Waals surface area contributed by atoms with E-state index in [1.807, 2.05) is 6.92 Å². The van der Waals surface area contributed by atoms with Crippen LogP contribution in [-0.2, 0) is 14.3 Å². The summed E-state index contributed by atoms with van der Waals surface area (Å²) in [7, 11) is 0. The average Bonchev–Trinajstić information content (AvgIpc) is 2.32. The minimum Gasteiger partial charge on any atom is -0.463 e. The molecule has 4 bridgehead atoms. The van der Waals surface area contributed by atoms with E-state index in [-0.39, 0.29) is 11.4 Å². The van der Waals surface area contributed by atoms with E-state index >= 15 is 0 Å². The number of carbonyl (C=O) groups excluding carboxylic acids is 1. The molecule has 0 atom stereocenters. The third kappa shape index (κ3) is 2.18. The lowest BCUT2D eigenvalue weighted by Crippen LogP contribution is -2.50. The molecule has 4 aliphatic carbocycles. The number of esters is 1. The normalized spacial score (nSPS) is 41.1. The van der Waals surface area contributed by atoms with Gasteiger partial charge >= 0.3 is 5.97 Å². The first-order chi connectivity index (χ1) is 8.72. The van der Waals surface area contributed by atoms with Gasteiger partial charge in [0.05, 0.1) is 18.6 Å². The average molecular weight is 251 g/mol. The highest BCUT2D eigenvalue weighted by atomic mass is 16.6. The quantitative estimate of drug-likeness (QED) is 0.556. The van der Waals surface area contributed by atoms with Crippen LogP contribution < -0.4 is 0 Å². The summed E-state index contributed by atoms with van der Waals surface area (Å²) < 4.78 is 10.5. The van der Waals surface area contributed by atoms with Crippen molar-refractivity contribution >= 4 is 5.97 Å². The highest BCUT2D eigenvalue weighted by molar-refractivity contribution is 5.77. The second-order valence-electron chi connectivity index (χ2n) is 6.44. The molecule has 0 amide bonds. The fraction of sp³-hybridized carbons (Fsp3) is 0.867. The van der Waals surface area contributed by atoms with Gasteiger partial charge in [0, 0.05) is 0 Å². The molecule has 4 rings (SSSR count). The topological polar surface area (TPSA) is 35.5 Å². The number of ether oxygens (including phenoxy) is 2. The Balaban J connectivity index is 1.59. The molecule has 0 N–H and O–H groups in total. The van der Waals surface area contributed by atoms with Crippen LogP contribution in [0, 0.1) is 29.8 Å². The van der Waals surface area contributed by atoms with Crippen LogP contribution in [-0.4, -0.2) is 19.2 Å². The minimum atomic E-state index is -0.120. The number of hydrogen-bond acceptors (Lipinski definition) is 3. The molecule has 1 radical (unpaired) electrons. The smallest absolute Gasteiger partial charge is 0.312 e. The summed E-state index contributed by atoms with van der Waals surface area (Å²) in [5, 5.41) is 0. The minimum absolute atomic E-state index is 0.0568. The highest BCUT2D eigenvalue weighted by Gasteiger charge is 2.55. The Hall–Kier alpha value is -0.570. The summed E-state index contributed by atoms with van der Waals surface area (Å²) in [6, 6.07) is 0. The molecular weight excluding hydrogens is 228 g/mol. The van der Waals surface area contributed by atoms with E-state index in [2.05, 4.69) is 0 Å². The van der Waals surface area contributed by atoms with E-state index in [1.165, 1.54) is 19.3 Å². The Morgan fingerprint density at radius 3 is 2.17 bits per heavy atom. The first-order valence-corrected chi connectivity index (χ1v) is 7.28. The fourth-order valence-electron chi connectivity index (χ4n) is 4.81. The first-order valence-electron chi connectivity index (χ1n) is 7.28. The van der Waals surface area contributed by atoms with Crippen molar-refractivity contribution in [3.8, 4) is 0 Å². The molecule has 0 unspecified atom stereocenters. The summed E-state index contributed by atoms with van der Waals surface area (Å²) in [4.78, 5) is 12.4. The molecule has 0 saturated heterocycles. The lowest BCUT2D eigenvalue weighted by molar-refractivity contribution is -0.172. The maximum absolute atomic E-state index is 12.4. The van der Waals surface area contributed by atoms with E-state index in [9.17, 15) is 4.79 Å². The lowest BCUT2D eigenvalue weighted by atomic mass is 9.49. The molecule has 0 aliphatic heterocycles. The Morgan fingerprint density at radius 2 is 1.67 bits per heavy atom. The van der Waals surface area contributed by atoms with E-state index in [0.29, 0.717) is 13.2 Å². The molecule has 0 aromatic carbocycles. The molecule has 3 nitrogen and oxygen atoms in total. The Kier molecular flexibility index (Phi) is 3.35. The van der Waals surface area contributed by atoms with Crippen molar-refractivity contribution in [2.45, 2.75) is 45.4 Å². The van der Waals surface area contributed by atoms with Crippen molar-refractivity contribution in [3.63, 3.8) is 0 Å². The van der Waals surface area contributed by atoms with Crippen LogP contribution in [0.1, 0.15) is 45.4 Å². The van der Waals surface area contributed by atoms with Crippen molar-refractivity contribution in [3.05, 3.63) is 6.61 Å². The van der Waals surface area contributed by atoms with Crippen LogP contribution in [0.15, 0.2) is 0 Å². The predicted octanol–water partition coefficient (Wildman–Crippen LogP) is 2.94. The molecule has 101 valence electrons. The molecule has 4 fully saturated rings. The Labute approximate surface area is 109 Å². The molecule has 4 aliphatic rings. The summed E-state index contributed by atoms with van der Waals surface area (Å²) in [5.74, 6) is 2.44. The molecule has 0 heterocycles. The van der Waals surface area contributed by atoms with E-state index < -0.39 is 0 Å². The van der Waals surface area contributed by atoms with Crippen LogP contribution in [0.4, 0.5) is 0 Å². The molecule has 4 saturated carbocycles. The van der Waals surface area contributed by atoms with Crippen molar-refractivity contribution < 1.29 is 14.3 Å². The second-order valence-corrected chi connectivity index (χ2v) is 6.44. The van der Waals surface area contributed by atoms with Crippen LogP contribution in [0.2, 0.25) is 0 Å². The maximum Gasteiger partial charge on any atom is 0.312 e. The van der Waals surface area contributed by atoms with E-state index in [1.54, 1.807) is 6.61 Å². The number of carbonyl (C=O) groups is 1. The lowest BCUT2D eigenvalue weighted by Gasteiger charge is -2.55. The zero-order valence-corrected chi connectivity index (χ0v) is 11.2. The van der Waals surface area contributed by atoms with Crippen molar-refractivity contribution in [2.75, 3.05) is 13.2 Å². The van der Waals surface area contributed by atoms with Gasteiger partial charge in [0.1, 0.15) is 6.61 Å². The standard InChI is InChI=1S/C15H23O3/c1-2-17-3-4-18-14(16)15-8-11-5-12(9-15)7-13(6-11)10-15/h2,11-13H,3-10H2,1H3. The van der Waals surface area contributed by atoms with Gasteiger partial charge in [-0.15, -0.1) is 0 Å². The monoisotopic (exact) mass is 251 g/mol. The largest absolute Gasteiger partial charge is 0.463 e. The second kappa shape index (κ2) is 4.84. The van der Waals surface area contributed by atoms with Crippen LogP contribution >= 0.6 is 0 Å². The van der Waals surface area contributed by atoms with Gasteiger partial charge in [-0.1, -0.05) is 0 Å². The first kappa shape index (κ1) is 12.5. The van der Waals surface area contributed by atoms with Crippen molar-refractivity contribution in [2.24, 2.45) is 23.2 Å². The highest BCUT2D eigenvalue weighted by Crippen LogP contribution is 2.60. The number of hydrogen-bond donors (Lipinski definition) is 0. The van der Waals surface area contributed by atoms with E-state index in [4.69, 9.17) is 9.47 Å². The third-order valence-electron chi connectivity index (χ3n) is 5.07. The maximum atomic E-state index is 12.4. The fourth-order valence-corrected chi connectivity index (χ4v) is 4.81. The van der Waals surface area contributed by atoms with Gasteiger partial charge in [-0.25, -0.2) is 0 Å². The summed E-state index contributed by atoms with van der Waals surface area (Å²) in [6.45, 7) is 4.35. The van der Waals surface area contributed by atoms with Crippen LogP contribution in [0.25, 0.3) is 0 Å². The molecule has 3 heteroatoms. The predicted molar refractivity (Wildman–Crippen MR) is 67.5 cm³/mol. The molecule has 0 aromatic rings. The summed E-state index contributed by atoms with van der Waals surface area (Å²) in [6.07, 6.45) is 7.33. The van der Waals surface area contributed by atoms with Gasteiger partial charge in [0.25, 0.3) is 0 Å². The Bertz CT molecular complexity index is 288. The van der Waals surface area contributed by atoms with E-state index in [0.717, 1.165) is 37.0 Å². The zero-order valence-electron chi connectivity index (χ0n) is 11.2. The molecule has 18 heavy (non-hydrogen) atoms. The van der Waals surface area contributed by atoms with Crippen molar-refractivity contribution in [1.29, 1.82) is 0 Å². The van der Waals surface area contributed by atoms with Gasteiger partial charge in [-0.3, -0.25) is 4.79 Å². The summed E-state index contributed by atoms with van der Waals surface area (Å²) in [5.41, 5.74) is -0.120. The van der Waals surface area contributed by atoms with Gasteiger partial charge in [0.2, 0.25) is 0 Å². The Morgan fingerprint density at radius 1 is 1.11 bits per heavy atom. The van der Waals surface area contributed by atoms with Gasteiger partial charge < -0.3 is 9.47 Å². The molecule has 0 spiro atoms. The third-order valence-corrected chi connectivity index (χ3v) is 5.07. The zero-order chi connectivity index (χ0) is 12.6. The van der Waals surface area contributed by atoms with Gasteiger partial charge in [-0.05, 0) is 63.2 Å². The van der Waals surface area contributed by atoms with Crippen LogP contribution in [0.5, 0.6) is 0 Å². The summed E-state index contributed by atoms with van der Waals surface area (Å²) >= 11 is 0. The van der Waals surface area contributed by atoms with Gasteiger partial charge in [0.15, 0.2) is 0 Å². The number of rotatable bonds is 5. The molecule has 0 aromatic heterocycles. The van der Waals surface area contributed by atoms with Crippen LogP contribution in [0.3, 0.4) is 0 Å². The van der Waals surface area contributed by atoms with Gasteiger partial charge in [-0.2, -0.15) is 0 Å².